The van der Waals surface area contributed by atoms with E-state index in [-0.39, 0.29) is 6.10 Å². The maximum absolute atomic E-state index is 6.15. The van der Waals surface area contributed by atoms with Crippen molar-refractivity contribution in [3.8, 4) is 5.88 Å². The number of hydrogen-bond donors (Lipinski definition) is 1. The Labute approximate surface area is 189 Å². The Bertz CT molecular complexity index is 1150. The molecular weight excluding hydrogens is 400 g/mol. The highest BCUT2D eigenvalue weighted by atomic mass is 16.5. The van der Waals surface area contributed by atoms with E-state index in [1.54, 1.807) is 6.20 Å². The molecule has 1 aromatic carbocycles. The summed E-state index contributed by atoms with van der Waals surface area (Å²) in [7, 11) is 2.15. The molecule has 0 saturated carbocycles. The van der Waals surface area contributed by atoms with Crippen molar-refractivity contribution in [3.63, 3.8) is 0 Å². The van der Waals surface area contributed by atoms with Gasteiger partial charge in [0.15, 0.2) is 0 Å². The van der Waals surface area contributed by atoms with Gasteiger partial charge in [-0.15, -0.1) is 0 Å². The highest BCUT2D eigenvalue weighted by molar-refractivity contribution is 5.88. The minimum absolute atomic E-state index is 0.209. The van der Waals surface area contributed by atoms with Gasteiger partial charge in [0.2, 0.25) is 11.8 Å². The predicted molar refractivity (Wildman–Crippen MR) is 127 cm³/mol. The van der Waals surface area contributed by atoms with E-state index in [4.69, 9.17) is 14.7 Å². The zero-order valence-corrected chi connectivity index (χ0v) is 19.0. The van der Waals surface area contributed by atoms with Crippen molar-refractivity contribution in [2.24, 2.45) is 0 Å². The van der Waals surface area contributed by atoms with Crippen LogP contribution >= 0.6 is 0 Å². The summed E-state index contributed by atoms with van der Waals surface area (Å²) in [6, 6.07) is 6.57. The molecule has 0 amide bonds. The van der Waals surface area contributed by atoms with E-state index in [0.717, 1.165) is 72.2 Å². The summed E-state index contributed by atoms with van der Waals surface area (Å²) < 4.78 is 6.15. The number of aromatic nitrogens is 4. The second-order valence-corrected chi connectivity index (χ2v) is 8.86. The van der Waals surface area contributed by atoms with E-state index in [9.17, 15) is 0 Å². The van der Waals surface area contributed by atoms with Crippen LogP contribution in [0.3, 0.4) is 0 Å². The molecule has 7 nitrogen and oxygen atoms in total. The molecule has 0 unspecified atom stereocenters. The van der Waals surface area contributed by atoms with Gasteiger partial charge in [-0.1, -0.05) is 19.1 Å². The third-order valence-corrected chi connectivity index (χ3v) is 6.43. The monoisotopic (exact) mass is 430 g/mol. The second kappa shape index (κ2) is 8.82. The molecule has 1 saturated heterocycles. The highest BCUT2D eigenvalue weighted by Crippen LogP contribution is 2.33. The molecule has 2 aliphatic rings. The molecule has 1 fully saturated rings. The van der Waals surface area contributed by atoms with Crippen LogP contribution in [0.5, 0.6) is 5.88 Å². The third kappa shape index (κ3) is 4.30. The maximum Gasteiger partial charge on any atom is 0.233 e. The van der Waals surface area contributed by atoms with Crippen molar-refractivity contribution in [1.29, 1.82) is 0 Å². The van der Waals surface area contributed by atoms with Crippen LogP contribution in [0.2, 0.25) is 0 Å². The average Bonchev–Trinajstić information content (AvgIpc) is 3.23. The summed E-state index contributed by atoms with van der Waals surface area (Å²) >= 11 is 0. The fourth-order valence-electron chi connectivity index (χ4n) is 4.26. The van der Waals surface area contributed by atoms with Crippen LogP contribution in [0.25, 0.3) is 16.6 Å². The van der Waals surface area contributed by atoms with E-state index in [2.05, 4.69) is 59.3 Å². The van der Waals surface area contributed by atoms with Crippen LogP contribution in [0.15, 0.2) is 36.7 Å². The number of likely N-dealkylation sites (tertiary alicyclic amines) is 1. The van der Waals surface area contributed by atoms with E-state index >= 15 is 0 Å². The average molecular weight is 431 g/mol. The number of anilines is 1. The SMILES string of the molecule is CC[C@H](C)Nc1ncc2c(n1)CC=C2c1ccc2ncc(OC3CCN(C)CC3)nc2c1. The number of benzene rings is 1. The van der Waals surface area contributed by atoms with Crippen molar-refractivity contribution in [3.05, 3.63) is 53.5 Å². The molecule has 1 atom stereocenters. The molecule has 32 heavy (non-hydrogen) atoms. The molecule has 2 aromatic heterocycles. The smallest absolute Gasteiger partial charge is 0.233 e. The number of allylic oxidation sites excluding steroid dienone is 1. The lowest BCUT2D eigenvalue weighted by atomic mass is 10.0. The number of nitrogens with zero attached hydrogens (tertiary/aromatic N) is 5. The Kier molecular flexibility index (Phi) is 5.74. The fourth-order valence-corrected chi connectivity index (χ4v) is 4.26. The van der Waals surface area contributed by atoms with Gasteiger partial charge in [-0.2, -0.15) is 0 Å². The second-order valence-electron chi connectivity index (χ2n) is 8.86. The first kappa shape index (κ1) is 20.8. The van der Waals surface area contributed by atoms with E-state index < -0.39 is 0 Å². The maximum atomic E-state index is 6.15. The molecule has 166 valence electrons. The summed E-state index contributed by atoms with van der Waals surface area (Å²) in [6.45, 7) is 6.40. The van der Waals surface area contributed by atoms with Crippen LogP contribution in [0.1, 0.15) is 49.9 Å². The van der Waals surface area contributed by atoms with Crippen LogP contribution < -0.4 is 10.1 Å². The van der Waals surface area contributed by atoms with Crippen LogP contribution in [0, 0.1) is 0 Å². The molecule has 7 heteroatoms. The summed E-state index contributed by atoms with van der Waals surface area (Å²) in [4.78, 5) is 21.0. The topological polar surface area (TPSA) is 76.1 Å². The first-order valence-corrected chi connectivity index (χ1v) is 11.5. The van der Waals surface area contributed by atoms with Crippen molar-refractivity contribution in [2.75, 3.05) is 25.5 Å². The lowest BCUT2D eigenvalue weighted by molar-refractivity contribution is 0.110. The molecular formula is C25H30N6O. The lowest BCUT2D eigenvalue weighted by Gasteiger charge is -2.28. The van der Waals surface area contributed by atoms with E-state index in [1.165, 1.54) is 0 Å². The van der Waals surface area contributed by atoms with Gasteiger partial charge in [-0.3, -0.25) is 0 Å². The minimum Gasteiger partial charge on any atom is -0.473 e. The standard InChI is InChI=1S/C25H30N6O/c1-4-16(2)28-25-27-14-20-19(6-8-21(20)30-25)17-5-7-22-23(13-17)29-24(15-26-22)32-18-9-11-31(3)12-10-18/h5-7,13-16,18H,4,8-12H2,1-3H3,(H,27,28,30)/t16-/m0/s1. The number of fused-ring (bicyclic) bond motifs is 2. The van der Waals surface area contributed by atoms with Gasteiger partial charge in [0.25, 0.3) is 0 Å². The van der Waals surface area contributed by atoms with Crippen molar-refractivity contribution in [1.82, 2.24) is 24.8 Å². The minimum atomic E-state index is 0.209. The van der Waals surface area contributed by atoms with Crippen LogP contribution in [-0.4, -0.2) is 57.1 Å². The summed E-state index contributed by atoms with van der Waals surface area (Å²) in [5.41, 5.74) is 6.12. The van der Waals surface area contributed by atoms with Gasteiger partial charge in [0, 0.05) is 37.3 Å². The summed E-state index contributed by atoms with van der Waals surface area (Å²) in [6.07, 6.45) is 9.99. The molecule has 3 aromatic rings. The number of hydrogen-bond acceptors (Lipinski definition) is 7. The first-order valence-electron chi connectivity index (χ1n) is 11.5. The zero-order valence-electron chi connectivity index (χ0n) is 19.0. The molecule has 1 aliphatic carbocycles. The number of piperidine rings is 1. The van der Waals surface area contributed by atoms with E-state index in [1.807, 2.05) is 12.3 Å². The molecule has 0 bridgehead atoms. The zero-order chi connectivity index (χ0) is 22.1. The van der Waals surface area contributed by atoms with Gasteiger partial charge in [-0.05, 0) is 56.5 Å². The van der Waals surface area contributed by atoms with Crippen molar-refractivity contribution < 1.29 is 4.74 Å². The Morgan fingerprint density at radius 2 is 1.97 bits per heavy atom. The first-order chi connectivity index (χ1) is 15.6. The quantitative estimate of drug-likeness (QED) is 0.631. The Balaban J connectivity index is 1.37. The number of nitrogens with one attached hydrogen (secondary N) is 1. The number of ether oxygens (including phenoxy) is 1. The normalized spacial score (nSPS) is 17.8. The number of rotatable bonds is 6. The molecule has 1 N–H and O–H groups in total. The van der Waals surface area contributed by atoms with E-state index in [0.29, 0.717) is 17.9 Å². The van der Waals surface area contributed by atoms with Gasteiger partial charge >= 0.3 is 0 Å². The third-order valence-electron chi connectivity index (χ3n) is 6.43. The predicted octanol–water partition coefficient (Wildman–Crippen LogP) is 4.09. The Hall–Kier alpha value is -3.06. The van der Waals surface area contributed by atoms with Crippen molar-refractivity contribution >= 4 is 22.6 Å². The Morgan fingerprint density at radius 1 is 1.12 bits per heavy atom. The molecule has 1 aliphatic heterocycles. The molecule has 3 heterocycles. The van der Waals surface area contributed by atoms with Gasteiger partial charge < -0.3 is 15.0 Å². The Morgan fingerprint density at radius 3 is 2.78 bits per heavy atom. The molecule has 0 spiro atoms. The largest absolute Gasteiger partial charge is 0.473 e. The van der Waals surface area contributed by atoms with Gasteiger partial charge in [-0.25, -0.2) is 19.9 Å². The van der Waals surface area contributed by atoms with Gasteiger partial charge in [0.05, 0.1) is 22.9 Å². The van der Waals surface area contributed by atoms with Crippen molar-refractivity contribution in [2.45, 2.75) is 51.7 Å². The molecule has 5 rings (SSSR count). The summed E-state index contributed by atoms with van der Waals surface area (Å²) in [5.74, 6) is 1.31. The summed E-state index contributed by atoms with van der Waals surface area (Å²) in [5, 5.41) is 3.36. The van der Waals surface area contributed by atoms with Crippen LogP contribution in [-0.2, 0) is 6.42 Å². The molecule has 0 radical (unpaired) electrons. The lowest BCUT2D eigenvalue weighted by Crippen LogP contribution is -2.35. The van der Waals surface area contributed by atoms with Crippen LogP contribution in [0.4, 0.5) is 5.95 Å². The fraction of sp³-hybridized carbons (Fsp3) is 0.440. The van der Waals surface area contributed by atoms with Gasteiger partial charge in [0.1, 0.15) is 6.10 Å². The highest BCUT2D eigenvalue weighted by Gasteiger charge is 2.21.